The van der Waals surface area contributed by atoms with E-state index in [1.165, 1.54) is 4.90 Å². The summed E-state index contributed by atoms with van der Waals surface area (Å²) < 4.78 is 0. The van der Waals surface area contributed by atoms with Crippen LogP contribution >= 0.6 is 11.8 Å². The summed E-state index contributed by atoms with van der Waals surface area (Å²) in [6.45, 7) is 1.87. The molecule has 0 saturated heterocycles. The Morgan fingerprint density at radius 3 is 2.33 bits per heavy atom. The molecule has 104 valence electrons. The van der Waals surface area contributed by atoms with Gasteiger partial charge < -0.3 is 10.0 Å². The van der Waals surface area contributed by atoms with Crippen molar-refractivity contribution in [2.75, 3.05) is 19.1 Å². The lowest BCUT2D eigenvalue weighted by Gasteiger charge is -2.42. The van der Waals surface area contributed by atoms with E-state index in [0.717, 1.165) is 25.0 Å². The SMILES string of the molecule is CSCC(C)C(=O)N(C)C1(C(=O)O)CCCCC1. The number of rotatable bonds is 5. The zero-order valence-corrected chi connectivity index (χ0v) is 12.3. The quantitative estimate of drug-likeness (QED) is 0.834. The molecule has 1 aliphatic rings. The maximum Gasteiger partial charge on any atom is 0.329 e. The summed E-state index contributed by atoms with van der Waals surface area (Å²) in [5.74, 6) is -0.287. The van der Waals surface area contributed by atoms with Crippen LogP contribution < -0.4 is 0 Å². The lowest BCUT2D eigenvalue weighted by Crippen LogP contribution is -2.57. The van der Waals surface area contributed by atoms with E-state index in [9.17, 15) is 14.7 Å². The van der Waals surface area contributed by atoms with Crippen LogP contribution in [0.5, 0.6) is 0 Å². The van der Waals surface area contributed by atoms with E-state index < -0.39 is 11.5 Å². The molecule has 1 N–H and O–H groups in total. The Labute approximate surface area is 113 Å². The zero-order valence-electron chi connectivity index (χ0n) is 11.4. The van der Waals surface area contributed by atoms with Gasteiger partial charge in [-0.15, -0.1) is 0 Å². The number of nitrogens with zero attached hydrogens (tertiary/aromatic N) is 1. The number of likely N-dealkylation sites (N-methyl/N-ethyl adjacent to an activating group) is 1. The first-order chi connectivity index (χ1) is 8.45. The number of amides is 1. The van der Waals surface area contributed by atoms with Crippen molar-refractivity contribution in [3.8, 4) is 0 Å². The van der Waals surface area contributed by atoms with Crippen LogP contribution in [0.4, 0.5) is 0 Å². The number of carboxylic acid groups (broad SMARTS) is 1. The van der Waals surface area contributed by atoms with Crippen LogP contribution in [0.25, 0.3) is 0 Å². The molecule has 0 aliphatic heterocycles. The Bertz CT molecular complexity index is 313. The molecule has 18 heavy (non-hydrogen) atoms. The highest BCUT2D eigenvalue weighted by atomic mass is 32.2. The van der Waals surface area contributed by atoms with E-state index in [1.807, 2.05) is 13.2 Å². The maximum atomic E-state index is 12.3. The number of carboxylic acids is 1. The predicted octanol–water partition coefficient (Wildman–Crippen LogP) is 2.23. The van der Waals surface area contributed by atoms with Crippen molar-refractivity contribution in [2.45, 2.75) is 44.6 Å². The molecule has 5 heteroatoms. The normalized spacial score (nSPS) is 20.2. The molecule has 1 fully saturated rings. The van der Waals surface area contributed by atoms with E-state index in [-0.39, 0.29) is 11.8 Å². The summed E-state index contributed by atoms with van der Waals surface area (Å²) >= 11 is 1.61. The molecule has 1 saturated carbocycles. The summed E-state index contributed by atoms with van der Waals surface area (Å²) in [5.41, 5.74) is -0.970. The lowest BCUT2D eigenvalue weighted by atomic mass is 9.80. The van der Waals surface area contributed by atoms with E-state index >= 15 is 0 Å². The van der Waals surface area contributed by atoms with Crippen molar-refractivity contribution >= 4 is 23.6 Å². The Morgan fingerprint density at radius 1 is 1.33 bits per heavy atom. The molecule has 0 aromatic carbocycles. The Hall–Kier alpha value is -0.710. The minimum Gasteiger partial charge on any atom is -0.479 e. The van der Waals surface area contributed by atoms with E-state index in [4.69, 9.17) is 0 Å². The van der Waals surface area contributed by atoms with Crippen molar-refractivity contribution in [1.82, 2.24) is 4.90 Å². The molecule has 1 rings (SSSR count). The molecule has 1 atom stereocenters. The van der Waals surface area contributed by atoms with Gasteiger partial charge in [0.15, 0.2) is 0 Å². The monoisotopic (exact) mass is 273 g/mol. The van der Waals surface area contributed by atoms with Gasteiger partial charge in [-0.1, -0.05) is 26.2 Å². The lowest BCUT2D eigenvalue weighted by molar-refractivity contribution is -0.161. The molecular formula is C13H23NO3S. The second-order valence-corrected chi connectivity index (χ2v) is 6.06. The van der Waals surface area contributed by atoms with Gasteiger partial charge in [-0.25, -0.2) is 4.79 Å². The fourth-order valence-electron chi connectivity index (χ4n) is 2.69. The molecule has 4 nitrogen and oxygen atoms in total. The number of thioether (sulfide) groups is 1. The summed E-state index contributed by atoms with van der Waals surface area (Å²) in [4.78, 5) is 25.4. The summed E-state index contributed by atoms with van der Waals surface area (Å²) in [6.07, 6.45) is 5.96. The Morgan fingerprint density at radius 2 is 1.89 bits per heavy atom. The van der Waals surface area contributed by atoms with Gasteiger partial charge in [0, 0.05) is 18.7 Å². The van der Waals surface area contributed by atoms with Crippen LogP contribution in [0.3, 0.4) is 0 Å². The first kappa shape index (κ1) is 15.3. The highest BCUT2D eigenvalue weighted by Crippen LogP contribution is 2.34. The summed E-state index contributed by atoms with van der Waals surface area (Å²) in [5, 5.41) is 9.52. The Balaban J connectivity index is 2.85. The third-order valence-electron chi connectivity index (χ3n) is 3.89. The minimum absolute atomic E-state index is 0.0475. The van der Waals surface area contributed by atoms with Gasteiger partial charge in [0.2, 0.25) is 5.91 Å². The molecule has 0 aromatic heterocycles. The van der Waals surface area contributed by atoms with Crippen LogP contribution in [-0.2, 0) is 9.59 Å². The average Bonchev–Trinajstić information content (AvgIpc) is 2.37. The smallest absolute Gasteiger partial charge is 0.329 e. The van der Waals surface area contributed by atoms with Crippen molar-refractivity contribution in [2.24, 2.45) is 5.92 Å². The molecule has 1 aliphatic carbocycles. The first-order valence-electron chi connectivity index (χ1n) is 6.45. The highest BCUT2D eigenvalue weighted by Gasteiger charge is 2.45. The molecule has 0 bridgehead atoms. The minimum atomic E-state index is -0.970. The van der Waals surface area contributed by atoms with Crippen molar-refractivity contribution in [3.63, 3.8) is 0 Å². The number of carbonyl (C=O) groups is 2. The van der Waals surface area contributed by atoms with Gasteiger partial charge >= 0.3 is 5.97 Å². The molecule has 0 spiro atoms. The number of aliphatic carboxylic acids is 1. The van der Waals surface area contributed by atoms with Crippen molar-refractivity contribution in [1.29, 1.82) is 0 Å². The van der Waals surface area contributed by atoms with Crippen molar-refractivity contribution < 1.29 is 14.7 Å². The van der Waals surface area contributed by atoms with Gasteiger partial charge in [-0.05, 0) is 19.1 Å². The van der Waals surface area contributed by atoms with Gasteiger partial charge in [0.25, 0.3) is 0 Å². The Kier molecular flexibility index (Phi) is 5.50. The summed E-state index contributed by atoms with van der Waals surface area (Å²) in [6, 6.07) is 0. The topological polar surface area (TPSA) is 57.6 Å². The predicted molar refractivity (Wildman–Crippen MR) is 73.8 cm³/mol. The summed E-state index contributed by atoms with van der Waals surface area (Å²) in [7, 11) is 1.65. The van der Waals surface area contributed by atoms with Crippen LogP contribution in [0.1, 0.15) is 39.0 Å². The number of hydrogen-bond acceptors (Lipinski definition) is 3. The fraction of sp³-hybridized carbons (Fsp3) is 0.846. The average molecular weight is 273 g/mol. The van der Waals surface area contributed by atoms with Gasteiger partial charge in [0.05, 0.1) is 0 Å². The van der Waals surface area contributed by atoms with E-state index in [0.29, 0.717) is 12.8 Å². The fourth-order valence-corrected chi connectivity index (χ4v) is 3.33. The molecule has 0 radical (unpaired) electrons. The molecule has 0 aromatic rings. The van der Waals surface area contributed by atoms with Crippen molar-refractivity contribution in [3.05, 3.63) is 0 Å². The van der Waals surface area contributed by atoms with Crippen LogP contribution in [-0.4, -0.2) is 46.5 Å². The van der Waals surface area contributed by atoms with Gasteiger partial charge in [-0.3, -0.25) is 4.79 Å². The molecule has 1 amide bonds. The van der Waals surface area contributed by atoms with Crippen LogP contribution in [0, 0.1) is 5.92 Å². The van der Waals surface area contributed by atoms with E-state index in [1.54, 1.807) is 18.8 Å². The second-order valence-electron chi connectivity index (χ2n) is 5.15. The molecular weight excluding hydrogens is 250 g/mol. The molecule has 1 unspecified atom stereocenters. The third kappa shape index (κ3) is 2.99. The highest BCUT2D eigenvalue weighted by molar-refractivity contribution is 7.98. The standard InChI is InChI=1S/C13H23NO3S/c1-10(9-18-3)11(15)14(2)13(12(16)17)7-5-4-6-8-13/h10H,4-9H2,1-3H3,(H,16,17). The number of carbonyl (C=O) groups excluding carboxylic acids is 1. The number of hydrogen-bond donors (Lipinski definition) is 1. The van der Waals surface area contributed by atoms with Crippen LogP contribution in [0.2, 0.25) is 0 Å². The zero-order chi connectivity index (χ0) is 13.8. The first-order valence-corrected chi connectivity index (χ1v) is 7.85. The van der Waals surface area contributed by atoms with E-state index in [2.05, 4.69) is 0 Å². The van der Waals surface area contributed by atoms with Gasteiger partial charge in [-0.2, -0.15) is 11.8 Å². The second kappa shape index (κ2) is 6.45. The molecule has 0 heterocycles. The van der Waals surface area contributed by atoms with Crippen LogP contribution in [0.15, 0.2) is 0 Å². The largest absolute Gasteiger partial charge is 0.479 e. The van der Waals surface area contributed by atoms with Gasteiger partial charge in [0.1, 0.15) is 5.54 Å². The maximum absolute atomic E-state index is 12.3. The third-order valence-corrected chi connectivity index (χ3v) is 4.72.